The van der Waals surface area contributed by atoms with E-state index in [1.54, 1.807) is 55.6 Å². The Balaban J connectivity index is 1.78. The van der Waals surface area contributed by atoms with Crippen LogP contribution in [0.3, 0.4) is 0 Å². The standard InChI is InChI=1S/C27H32N2O8S/c1-5-36-21-11-9-20(10-12-21)29(38(31,32)24-13-14-25(34-3)26(18-24)35-4)19-27(30)28-15-16-37-23-8-6-7-22(17-23)33-2/h6-14,17-18H,5,15-16,19H2,1-4H3,(H,28,30). The fourth-order valence-electron chi connectivity index (χ4n) is 3.53. The molecule has 3 aromatic rings. The Morgan fingerprint density at radius 2 is 1.53 bits per heavy atom. The minimum Gasteiger partial charge on any atom is -0.497 e. The van der Waals surface area contributed by atoms with Crippen LogP contribution in [-0.2, 0) is 14.8 Å². The molecule has 0 bridgehead atoms. The molecule has 10 nitrogen and oxygen atoms in total. The van der Waals surface area contributed by atoms with Crippen molar-refractivity contribution in [2.75, 3.05) is 51.9 Å². The number of rotatable bonds is 14. The van der Waals surface area contributed by atoms with Crippen molar-refractivity contribution in [2.24, 2.45) is 0 Å². The Hall–Kier alpha value is -4.12. The smallest absolute Gasteiger partial charge is 0.264 e. The van der Waals surface area contributed by atoms with E-state index in [0.717, 1.165) is 4.31 Å². The number of sulfonamides is 1. The summed E-state index contributed by atoms with van der Waals surface area (Å²) in [5.41, 5.74) is 0.297. The zero-order chi connectivity index (χ0) is 27.5. The molecule has 3 rings (SSSR count). The second-order valence-electron chi connectivity index (χ2n) is 7.83. The van der Waals surface area contributed by atoms with Gasteiger partial charge in [-0.3, -0.25) is 9.10 Å². The van der Waals surface area contributed by atoms with Gasteiger partial charge in [-0.05, 0) is 55.5 Å². The first-order valence-electron chi connectivity index (χ1n) is 11.8. The van der Waals surface area contributed by atoms with E-state index in [0.29, 0.717) is 35.3 Å². The van der Waals surface area contributed by atoms with Gasteiger partial charge in [0, 0.05) is 12.1 Å². The second kappa shape index (κ2) is 13.4. The van der Waals surface area contributed by atoms with Crippen LogP contribution in [0, 0.1) is 0 Å². The normalized spacial score (nSPS) is 10.8. The monoisotopic (exact) mass is 544 g/mol. The van der Waals surface area contributed by atoms with Crippen molar-refractivity contribution in [3.63, 3.8) is 0 Å². The molecule has 3 aromatic carbocycles. The third-order valence-corrected chi connectivity index (χ3v) is 7.17. The SMILES string of the molecule is CCOc1ccc(N(CC(=O)NCCOc2cccc(OC)c2)S(=O)(=O)c2ccc(OC)c(OC)c2)cc1. The van der Waals surface area contributed by atoms with E-state index in [1.807, 2.05) is 6.92 Å². The summed E-state index contributed by atoms with van der Waals surface area (Å²) in [6, 6.07) is 17.8. The summed E-state index contributed by atoms with van der Waals surface area (Å²) in [6.45, 7) is 2.22. The number of carbonyl (C=O) groups excluding carboxylic acids is 1. The van der Waals surface area contributed by atoms with Gasteiger partial charge in [-0.15, -0.1) is 0 Å². The minimum atomic E-state index is -4.16. The van der Waals surface area contributed by atoms with Gasteiger partial charge in [0.05, 0.1) is 45.1 Å². The zero-order valence-corrected chi connectivity index (χ0v) is 22.6. The van der Waals surface area contributed by atoms with Gasteiger partial charge in [0.1, 0.15) is 30.4 Å². The molecule has 0 aliphatic carbocycles. The van der Waals surface area contributed by atoms with Crippen molar-refractivity contribution < 1.29 is 36.9 Å². The highest BCUT2D eigenvalue weighted by Gasteiger charge is 2.28. The molecule has 0 saturated carbocycles. The molecule has 0 atom stereocenters. The topological polar surface area (TPSA) is 113 Å². The number of hydrogen-bond acceptors (Lipinski definition) is 8. The molecule has 0 fully saturated rings. The molecule has 0 radical (unpaired) electrons. The largest absolute Gasteiger partial charge is 0.497 e. The average Bonchev–Trinajstić information content (AvgIpc) is 2.94. The van der Waals surface area contributed by atoms with E-state index in [9.17, 15) is 13.2 Å². The maximum Gasteiger partial charge on any atom is 0.264 e. The summed E-state index contributed by atoms with van der Waals surface area (Å²) in [6.07, 6.45) is 0. The molecule has 0 unspecified atom stereocenters. The van der Waals surface area contributed by atoms with Crippen LogP contribution < -0.4 is 33.3 Å². The summed E-state index contributed by atoms with van der Waals surface area (Å²) < 4.78 is 55.2. The predicted octanol–water partition coefficient (Wildman–Crippen LogP) is 3.50. The van der Waals surface area contributed by atoms with Crippen LogP contribution in [0.1, 0.15) is 6.92 Å². The first-order valence-corrected chi connectivity index (χ1v) is 13.3. The Morgan fingerprint density at radius 1 is 0.816 bits per heavy atom. The molecule has 0 heterocycles. The fraction of sp³-hybridized carbons (Fsp3) is 0.296. The Labute approximate surface area is 223 Å². The second-order valence-corrected chi connectivity index (χ2v) is 9.70. The molecule has 38 heavy (non-hydrogen) atoms. The van der Waals surface area contributed by atoms with E-state index in [1.165, 1.54) is 32.4 Å². The number of amides is 1. The van der Waals surface area contributed by atoms with E-state index in [4.69, 9.17) is 23.7 Å². The van der Waals surface area contributed by atoms with Gasteiger partial charge in [-0.1, -0.05) is 6.07 Å². The van der Waals surface area contributed by atoms with Gasteiger partial charge < -0.3 is 29.0 Å². The third kappa shape index (κ3) is 7.22. The van der Waals surface area contributed by atoms with Gasteiger partial charge in [0.25, 0.3) is 10.0 Å². The number of nitrogens with one attached hydrogen (secondary N) is 1. The maximum absolute atomic E-state index is 13.7. The highest BCUT2D eigenvalue weighted by molar-refractivity contribution is 7.92. The van der Waals surface area contributed by atoms with Gasteiger partial charge in [0.15, 0.2) is 11.5 Å². The van der Waals surface area contributed by atoms with Crippen LogP contribution in [0.2, 0.25) is 0 Å². The molecule has 0 aliphatic heterocycles. The summed E-state index contributed by atoms with van der Waals surface area (Å²) in [5, 5.41) is 2.71. The Morgan fingerprint density at radius 3 is 2.18 bits per heavy atom. The molecule has 204 valence electrons. The lowest BCUT2D eigenvalue weighted by Gasteiger charge is -2.24. The van der Waals surface area contributed by atoms with E-state index < -0.39 is 22.5 Å². The van der Waals surface area contributed by atoms with Crippen LogP contribution in [0.15, 0.2) is 71.6 Å². The van der Waals surface area contributed by atoms with Gasteiger partial charge in [-0.2, -0.15) is 0 Å². The minimum absolute atomic E-state index is 0.0572. The molecule has 0 aromatic heterocycles. The number of benzene rings is 3. The van der Waals surface area contributed by atoms with Gasteiger partial charge in [-0.25, -0.2) is 8.42 Å². The zero-order valence-electron chi connectivity index (χ0n) is 21.8. The number of hydrogen-bond donors (Lipinski definition) is 1. The average molecular weight is 545 g/mol. The van der Waals surface area contributed by atoms with Crippen LogP contribution in [0.5, 0.6) is 28.7 Å². The number of anilines is 1. The van der Waals surface area contributed by atoms with Crippen molar-refractivity contribution in [3.05, 3.63) is 66.7 Å². The Bertz CT molecular complexity index is 1310. The van der Waals surface area contributed by atoms with Crippen LogP contribution >= 0.6 is 0 Å². The van der Waals surface area contributed by atoms with Crippen molar-refractivity contribution in [2.45, 2.75) is 11.8 Å². The molecule has 1 N–H and O–H groups in total. The van der Waals surface area contributed by atoms with Crippen molar-refractivity contribution in [1.29, 1.82) is 0 Å². The van der Waals surface area contributed by atoms with Crippen LogP contribution in [-0.4, -0.2) is 62.0 Å². The van der Waals surface area contributed by atoms with E-state index >= 15 is 0 Å². The summed E-state index contributed by atoms with van der Waals surface area (Å²) in [5.74, 6) is 1.95. The number of nitrogens with zero attached hydrogens (tertiary/aromatic N) is 1. The van der Waals surface area contributed by atoms with Crippen molar-refractivity contribution in [3.8, 4) is 28.7 Å². The van der Waals surface area contributed by atoms with Gasteiger partial charge >= 0.3 is 0 Å². The first-order chi connectivity index (χ1) is 18.3. The van der Waals surface area contributed by atoms with Crippen LogP contribution in [0.25, 0.3) is 0 Å². The lowest BCUT2D eigenvalue weighted by molar-refractivity contribution is -0.119. The highest BCUT2D eigenvalue weighted by Crippen LogP contribution is 2.32. The highest BCUT2D eigenvalue weighted by atomic mass is 32.2. The van der Waals surface area contributed by atoms with Crippen LogP contribution in [0.4, 0.5) is 5.69 Å². The van der Waals surface area contributed by atoms with Gasteiger partial charge in [0.2, 0.25) is 5.91 Å². The predicted molar refractivity (Wildman–Crippen MR) is 143 cm³/mol. The quantitative estimate of drug-likeness (QED) is 0.307. The van der Waals surface area contributed by atoms with Crippen molar-refractivity contribution >= 4 is 21.6 Å². The summed E-state index contributed by atoms with van der Waals surface area (Å²) >= 11 is 0. The fourth-order valence-corrected chi connectivity index (χ4v) is 4.97. The molecule has 11 heteroatoms. The lowest BCUT2D eigenvalue weighted by Crippen LogP contribution is -2.41. The van der Waals surface area contributed by atoms with Crippen molar-refractivity contribution in [1.82, 2.24) is 5.32 Å². The first kappa shape index (κ1) is 28.5. The molecule has 1 amide bonds. The maximum atomic E-state index is 13.7. The number of ether oxygens (including phenoxy) is 5. The third-order valence-electron chi connectivity index (χ3n) is 5.40. The number of methoxy groups -OCH3 is 3. The number of carbonyl (C=O) groups is 1. The summed E-state index contributed by atoms with van der Waals surface area (Å²) in [4.78, 5) is 12.8. The summed E-state index contributed by atoms with van der Waals surface area (Å²) in [7, 11) is 0.274. The molecule has 0 aliphatic rings. The Kier molecular flexibility index (Phi) is 10.1. The molecular formula is C27H32N2O8S. The molecule has 0 saturated heterocycles. The van der Waals surface area contributed by atoms with E-state index in [-0.39, 0.29) is 23.8 Å². The van der Waals surface area contributed by atoms with E-state index in [2.05, 4.69) is 5.32 Å². The lowest BCUT2D eigenvalue weighted by atomic mass is 10.3. The molecule has 0 spiro atoms. The molecular weight excluding hydrogens is 512 g/mol.